The predicted octanol–water partition coefficient (Wildman–Crippen LogP) is 4.23. The fourth-order valence-electron chi connectivity index (χ4n) is 2.90. The highest BCUT2D eigenvalue weighted by atomic mass is 35.5. The van der Waals surface area contributed by atoms with Crippen LogP contribution < -0.4 is 9.62 Å². The van der Waals surface area contributed by atoms with E-state index in [2.05, 4.69) is 5.32 Å². The zero-order chi connectivity index (χ0) is 24.2. The van der Waals surface area contributed by atoms with Gasteiger partial charge >= 0.3 is 0 Å². The molecule has 2 aromatic rings. The van der Waals surface area contributed by atoms with Crippen molar-refractivity contribution in [3.8, 4) is 0 Å². The van der Waals surface area contributed by atoms with Crippen LogP contribution in [0.15, 0.2) is 36.4 Å². The highest BCUT2D eigenvalue weighted by molar-refractivity contribution is 7.92. The van der Waals surface area contributed by atoms with Crippen molar-refractivity contribution in [2.24, 2.45) is 0 Å². The maximum absolute atomic E-state index is 13.3. The quantitative estimate of drug-likeness (QED) is 0.542. The molecule has 7 nitrogen and oxygen atoms in total. The van der Waals surface area contributed by atoms with Crippen LogP contribution in [0.3, 0.4) is 0 Å². The molecule has 0 aliphatic heterocycles. The topological polar surface area (TPSA) is 86.8 Å². The molecule has 1 N–H and O–H groups in total. The van der Waals surface area contributed by atoms with E-state index in [9.17, 15) is 18.0 Å². The SMILES string of the molecule is CNC(=O)[C@@H](C)N(Cc1ccc(Cl)cc1Cl)C(=O)CN(c1ccc(Cl)cc1Cl)S(C)(=O)=O. The van der Waals surface area contributed by atoms with E-state index < -0.39 is 34.4 Å². The van der Waals surface area contributed by atoms with Crippen molar-refractivity contribution in [3.63, 3.8) is 0 Å². The Morgan fingerprint density at radius 1 is 1.00 bits per heavy atom. The molecule has 2 aromatic carbocycles. The monoisotopic (exact) mass is 539 g/mol. The van der Waals surface area contributed by atoms with Gasteiger partial charge in [0, 0.05) is 28.7 Å². The van der Waals surface area contributed by atoms with Crippen molar-refractivity contribution in [3.05, 3.63) is 62.1 Å². The number of amides is 2. The Labute approximate surface area is 207 Å². The Bertz CT molecular complexity index is 1130. The third-order valence-corrected chi connectivity index (χ3v) is 6.88. The van der Waals surface area contributed by atoms with E-state index >= 15 is 0 Å². The summed E-state index contributed by atoms with van der Waals surface area (Å²) in [5, 5.41) is 3.57. The number of nitrogens with one attached hydrogen (secondary N) is 1. The normalized spacial score (nSPS) is 12.2. The summed E-state index contributed by atoms with van der Waals surface area (Å²) in [4.78, 5) is 26.8. The van der Waals surface area contributed by atoms with Gasteiger partial charge in [0.1, 0.15) is 12.6 Å². The van der Waals surface area contributed by atoms with E-state index in [1.165, 1.54) is 43.1 Å². The van der Waals surface area contributed by atoms with Crippen LogP contribution in [-0.4, -0.2) is 51.0 Å². The summed E-state index contributed by atoms with van der Waals surface area (Å²) in [7, 11) is -2.47. The standard InChI is InChI=1S/C20H21Cl4N3O4S/c1-12(20(29)25-2)26(10-13-4-5-14(21)8-16(13)23)19(28)11-27(32(3,30)31)18-7-6-15(22)9-17(18)24/h4-9,12H,10-11H2,1-3H3,(H,25,29)/t12-/m1/s1. The molecule has 1 atom stereocenters. The van der Waals surface area contributed by atoms with Crippen molar-refractivity contribution in [2.45, 2.75) is 19.5 Å². The van der Waals surface area contributed by atoms with E-state index in [1.54, 1.807) is 12.1 Å². The van der Waals surface area contributed by atoms with Crippen molar-refractivity contribution < 1.29 is 18.0 Å². The first kappa shape index (κ1) is 26.5. The van der Waals surface area contributed by atoms with E-state index in [1.807, 2.05) is 0 Å². The lowest BCUT2D eigenvalue weighted by molar-refractivity contribution is -0.139. The Kier molecular flexibility index (Phi) is 9.07. The zero-order valence-electron chi connectivity index (χ0n) is 17.4. The van der Waals surface area contributed by atoms with E-state index in [4.69, 9.17) is 46.4 Å². The molecule has 0 aromatic heterocycles. The van der Waals surface area contributed by atoms with Crippen LogP contribution in [0.5, 0.6) is 0 Å². The van der Waals surface area contributed by atoms with Crippen molar-refractivity contribution >= 4 is 73.9 Å². The number of benzene rings is 2. The molecule has 0 saturated heterocycles. The average molecular weight is 541 g/mol. The molecule has 0 radical (unpaired) electrons. The van der Waals surface area contributed by atoms with Crippen LogP contribution >= 0.6 is 46.4 Å². The molecule has 0 spiro atoms. The number of nitrogens with zero attached hydrogens (tertiary/aromatic N) is 2. The van der Waals surface area contributed by atoms with E-state index in [-0.39, 0.29) is 17.3 Å². The molecular weight excluding hydrogens is 520 g/mol. The lowest BCUT2D eigenvalue weighted by atomic mass is 10.1. The number of hydrogen-bond acceptors (Lipinski definition) is 4. The average Bonchev–Trinajstić information content (AvgIpc) is 2.70. The Balaban J connectivity index is 2.45. The second-order valence-electron chi connectivity index (χ2n) is 6.91. The van der Waals surface area contributed by atoms with Gasteiger partial charge in [0.25, 0.3) is 0 Å². The number of carbonyl (C=O) groups excluding carboxylic acids is 2. The minimum Gasteiger partial charge on any atom is -0.357 e. The fourth-order valence-corrected chi connectivity index (χ4v) is 4.79. The first-order valence-corrected chi connectivity index (χ1v) is 12.6. The molecule has 174 valence electrons. The molecule has 0 bridgehead atoms. The first-order chi connectivity index (χ1) is 14.8. The van der Waals surface area contributed by atoms with E-state index in [0.717, 1.165) is 10.6 Å². The van der Waals surface area contributed by atoms with Gasteiger partial charge in [-0.25, -0.2) is 8.42 Å². The molecule has 0 saturated carbocycles. The van der Waals surface area contributed by atoms with Crippen LogP contribution in [-0.2, 0) is 26.2 Å². The fraction of sp³-hybridized carbons (Fsp3) is 0.300. The number of likely N-dealkylation sites (N-methyl/N-ethyl adjacent to an activating group) is 1. The molecule has 2 amide bonds. The number of anilines is 1. The molecule has 0 aliphatic rings. The molecular formula is C20H21Cl4N3O4S. The van der Waals surface area contributed by atoms with Gasteiger partial charge in [-0.1, -0.05) is 52.5 Å². The lowest BCUT2D eigenvalue weighted by Crippen LogP contribution is -2.50. The summed E-state index contributed by atoms with van der Waals surface area (Å²) < 4.78 is 25.8. The molecule has 0 heterocycles. The van der Waals surface area contributed by atoms with Crippen molar-refractivity contribution in [1.82, 2.24) is 10.2 Å². The molecule has 12 heteroatoms. The number of carbonyl (C=O) groups is 2. The van der Waals surface area contributed by atoms with Crippen molar-refractivity contribution in [2.75, 3.05) is 24.2 Å². The van der Waals surface area contributed by atoms with Gasteiger partial charge in [-0.15, -0.1) is 0 Å². The van der Waals surface area contributed by atoms with Crippen LogP contribution in [0.4, 0.5) is 5.69 Å². The minimum atomic E-state index is -3.91. The third kappa shape index (κ3) is 6.65. The second-order valence-corrected chi connectivity index (χ2v) is 10.5. The van der Waals surface area contributed by atoms with Crippen LogP contribution in [0.25, 0.3) is 0 Å². The minimum absolute atomic E-state index is 0.0463. The number of halogens is 4. The summed E-state index contributed by atoms with van der Waals surface area (Å²) in [6, 6.07) is 8.08. The molecule has 2 rings (SSSR count). The zero-order valence-corrected chi connectivity index (χ0v) is 21.2. The van der Waals surface area contributed by atoms with Gasteiger partial charge in [-0.2, -0.15) is 0 Å². The lowest BCUT2D eigenvalue weighted by Gasteiger charge is -2.31. The van der Waals surface area contributed by atoms with Gasteiger partial charge in [-0.3, -0.25) is 13.9 Å². The number of rotatable bonds is 8. The van der Waals surface area contributed by atoms with Crippen LogP contribution in [0.1, 0.15) is 12.5 Å². The van der Waals surface area contributed by atoms with Gasteiger partial charge < -0.3 is 10.2 Å². The Morgan fingerprint density at radius 3 is 2.06 bits per heavy atom. The highest BCUT2D eigenvalue weighted by Crippen LogP contribution is 2.31. The van der Waals surface area contributed by atoms with Crippen molar-refractivity contribution in [1.29, 1.82) is 0 Å². The summed E-state index contributed by atoms with van der Waals surface area (Å²) >= 11 is 24.3. The highest BCUT2D eigenvalue weighted by Gasteiger charge is 2.30. The second kappa shape index (κ2) is 10.9. The van der Waals surface area contributed by atoms with Crippen LogP contribution in [0.2, 0.25) is 20.1 Å². The largest absolute Gasteiger partial charge is 0.357 e. The first-order valence-electron chi connectivity index (χ1n) is 9.23. The maximum atomic E-state index is 13.3. The third-order valence-electron chi connectivity index (χ3n) is 4.63. The molecule has 32 heavy (non-hydrogen) atoms. The van der Waals surface area contributed by atoms with Gasteiger partial charge in [0.15, 0.2) is 0 Å². The number of sulfonamides is 1. The van der Waals surface area contributed by atoms with Gasteiger partial charge in [0.2, 0.25) is 21.8 Å². The Hall–Kier alpha value is -1.71. The predicted molar refractivity (Wildman–Crippen MR) is 129 cm³/mol. The summed E-state index contributed by atoms with van der Waals surface area (Å²) in [6.07, 6.45) is 0.952. The summed E-state index contributed by atoms with van der Waals surface area (Å²) in [5.41, 5.74) is 0.625. The molecule has 0 fully saturated rings. The van der Waals surface area contributed by atoms with Crippen LogP contribution in [0, 0.1) is 0 Å². The van der Waals surface area contributed by atoms with Gasteiger partial charge in [-0.05, 0) is 42.8 Å². The maximum Gasteiger partial charge on any atom is 0.244 e. The summed E-state index contributed by atoms with van der Waals surface area (Å²) in [5.74, 6) is -1.07. The Morgan fingerprint density at radius 2 is 1.56 bits per heavy atom. The van der Waals surface area contributed by atoms with Gasteiger partial charge in [0.05, 0.1) is 17.0 Å². The van der Waals surface area contributed by atoms with E-state index in [0.29, 0.717) is 20.6 Å². The summed E-state index contributed by atoms with van der Waals surface area (Å²) in [6.45, 7) is 0.892. The number of hydrogen-bond donors (Lipinski definition) is 1. The molecule has 0 unspecified atom stereocenters. The smallest absolute Gasteiger partial charge is 0.244 e. The molecule has 0 aliphatic carbocycles.